The third-order valence-corrected chi connectivity index (χ3v) is 3.29. The van der Waals surface area contributed by atoms with E-state index in [0.717, 1.165) is 11.1 Å². The van der Waals surface area contributed by atoms with Crippen LogP contribution in [0.2, 0.25) is 0 Å². The van der Waals surface area contributed by atoms with Crippen molar-refractivity contribution in [1.82, 2.24) is 0 Å². The van der Waals surface area contributed by atoms with Crippen LogP contribution in [-0.2, 0) is 13.2 Å². The van der Waals surface area contributed by atoms with E-state index in [-0.39, 0.29) is 11.6 Å². The summed E-state index contributed by atoms with van der Waals surface area (Å²) in [7, 11) is 1.57. The lowest BCUT2D eigenvalue weighted by Crippen LogP contribution is -2.12. The molecule has 5 heteroatoms. The Labute approximate surface area is 129 Å². The van der Waals surface area contributed by atoms with Crippen molar-refractivity contribution in [3.05, 3.63) is 59.2 Å². The van der Waals surface area contributed by atoms with Crippen LogP contribution in [0.25, 0.3) is 0 Å². The number of aliphatic hydroxyl groups is 1. The largest absolute Gasteiger partial charge is 0.496 e. The van der Waals surface area contributed by atoms with E-state index in [4.69, 9.17) is 27.4 Å². The third kappa shape index (κ3) is 3.71. The van der Waals surface area contributed by atoms with Crippen LogP contribution in [0.15, 0.2) is 42.5 Å². The SMILES string of the molecule is COc1ccc(COc2ccccc2CO)cc1C(N)=S. The summed E-state index contributed by atoms with van der Waals surface area (Å²) in [6, 6.07) is 12.9. The molecule has 0 aliphatic heterocycles. The van der Waals surface area contributed by atoms with Crippen LogP contribution < -0.4 is 15.2 Å². The van der Waals surface area contributed by atoms with E-state index in [1.165, 1.54) is 0 Å². The molecular weight excluding hydrogens is 286 g/mol. The minimum absolute atomic E-state index is 0.0586. The van der Waals surface area contributed by atoms with E-state index >= 15 is 0 Å². The summed E-state index contributed by atoms with van der Waals surface area (Å²) in [5.74, 6) is 1.30. The van der Waals surface area contributed by atoms with Gasteiger partial charge in [0.15, 0.2) is 0 Å². The fraction of sp³-hybridized carbons (Fsp3) is 0.188. The highest BCUT2D eigenvalue weighted by Gasteiger charge is 2.08. The normalized spacial score (nSPS) is 10.2. The second-order valence-electron chi connectivity index (χ2n) is 4.45. The van der Waals surface area contributed by atoms with Crippen LogP contribution >= 0.6 is 12.2 Å². The van der Waals surface area contributed by atoms with Crippen molar-refractivity contribution in [3.63, 3.8) is 0 Å². The summed E-state index contributed by atoms with van der Waals surface area (Å²) in [5, 5.41) is 9.27. The van der Waals surface area contributed by atoms with E-state index in [0.29, 0.717) is 23.7 Å². The molecule has 0 saturated heterocycles. The molecule has 3 N–H and O–H groups in total. The van der Waals surface area contributed by atoms with Crippen LogP contribution in [0.1, 0.15) is 16.7 Å². The number of ether oxygens (including phenoxy) is 2. The van der Waals surface area contributed by atoms with E-state index in [1.54, 1.807) is 7.11 Å². The predicted molar refractivity (Wildman–Crippen MR) is 85.6 cm³/mol. The molecule has 0 saturated carbocycles. The summed E-state index contributed by atoms with van der Waals surface area (Å²) in [5.41, 5.74) is 8.05. The number of nitrogens with two attached hydrogens (primary N) is 1. The lowest BCUT2D eigenvalue weighted by molar-refractivity contribution is 0.259. The van der Waals surface area contributed by atoms with E-state index in [2.05, 4.69) is 0 Å². The maximum atomic E-state index is 9.27. The minimum atomic E-state index is -0.0586. The Morgan fingerprint density at radius 2 is 1.95 bits per heavy atom. The minimum Gasteiger partial charge on any atom is -0.496 e. The van der Waals surface area contributed by atoms with Crippen molar-refractivity contribution < 1.29 is 14.6 Å². The predicted octanol–water partition coefficient (Wildman–Crippen LogP) is 2.40. The van der Waals surface area contributed by atoms with Crippen molar-refractivity contribution in [3.8, 4) is 11.5 Å². The molecule has 0 spiro atoms. The van der Waals surface area contributed by atoms with Crippen LogP contribution in [0.3, 0.4) is 0 Å². The quantitative estimate of drug-likeness (QED) is 0.802. The molecule has 2 aromatic carbocycles. The molecule has 2 rings (SSSR count). The molecule has 0 amide bonds. The van der Waals surface area contributed by atoms with Crippen molar-refractivity contribution in [2.24, 2.45) is 5.73 Å². The average Bonchev–Trinajstić information content (AvgIpc) is 2.52. The van der Waals surface area contributed by atoms with E-state index in [1.807, 2.05) is 42.5 Å². The standard InChI is InChI=1S/C16H17NO3S/c1-19-15-7-6-11(8-13(15)16(17)21)10-20-14-5-3-2-4-12(14)9-18/h2-8,18H,9-10H2,1H3,(H2,17,21). The average molecular weight is 303 g/mol. The molecule has 0 bridgehead atoms. The number of hydrogen-bond acceptors (Lipinski definition) is 4. The van der Waals surface area contributed by atoms with E-state index < -0.39 is 0 Å². The van der Waals surface area contributed by atoms with Gasteiger partial charge in [-0.3, -0.25) is 0 Å². The maximum absolute atomic E-state index is 9.27. The summed E-state index contributed by atoms with van der Waals surface area (Å²) in [6.07, 6.45) is 0. The van der Waals surface area contributed by atoms with Crippen LogP contribution in [0.4, 0.5) is 0 Å². The maximum Gasteiger partial charge on any atom is 0.129 e. The van der Waals surface area contributed by atoms with Gasteiger partial charge in [0.25, 0.3) is 0 Å². The first kappa shape index (κ1) is 15.3. The second kappa shape index (κ2) is 7.06. The Kier molecular flexibility index (Phi) is 5.14. The van der Waals surface area contributed by atoms with E-state index in [9.17, 15) is 5.11 Å². The number of para-hydroxylation sites is 1. The number of benzene rings is 2. The summed E-state index contributed by atoms with van der Waals surface area (Å²) in [4.78, 5) is 0.282. The van der Waals surface area contributed by atoms with Crippen molar-refractivity contribution in [2.75, 3.05) is 7.11 Å². The zero-order valence-electron chi connectivity index (χ0n) is 11.7. The molecule has 110 valence electrons. The number of hydrogen-bond donors (Lipinski definition) is 2. The van der Waals surface area contributed by atoms with Gasteiger partial charge in [0.05, 0.1) is 19.3 Å². The fourth-order valence-electron chi connectivity index (χ4n) is 1.97. The number of aliphatic hydroxyl groups excluding tert-OH is 1. The molecular formula is C16H17NO3S. The zero-order chi connectivity index (χ0) is 15.2. The molecule has 4 nitrogen and oxygen atoms in total. The van der Waals surface area contributed by atoms with Gasteiger partial charge in [-0.15, -0.1) is 0 Å². The Hall–Kier alpha value is -2.11. The molecule has 0 aromatic heterocycles. The van der Waals surface area contributed by atoms with Gasteiger partial charge in [-0.1, -0.05) is 36.5 Å². The molecule has 0 aliphatic carbocycles. The number of rotatable bonds is 6. The second-order valence-corrected chi connectivity index (χ2v) is 4.89. The molecule has 21 heavy (non-hydrogen) atoms. The first-order valence-electron chi connectivity index (χ1n) is 6.44. The molecule has 0 radical (unpaired) electrons. The van der Waals surface area contributed by atoms with Gasteiger partial charge in [-0.2, -0.15) is 0 Å². The molecule has 0 aliphatic rings. The third-order valence-electron chi connectivity index (χ3n) is 3.07. The Morgan fingerprint density at radius 1 is 1.19 bits per heavy atom. The Balaban J connectivity index is 2.17. The van der Waals surface area contributed by atoms with Crippen LogP contribution in [-0.4, -0.2) is 17.2 Å². The van der Waals surface area contributed by atoms with Gasteiger partial charge in [0.2, 0.25) is 0 Å². The van der Waals surface area contributed by atoms with Crippen LogP contribution in [0.5, 0.6) is 11.5 Å². The zero-order valence-corrected chi connectivity index (χ0v) is 12.5. The summed E-state index contributed by atoms with van der Waals surface area (Å²) < 4.78 is 11.0. The molecule has 0 fully saturated rings. The fourth-order valence-corrected chi connectivity index (χ4v) is 2.13. The lowest BCUT2D eigenvalue weighted by Gasteiger charge is -2.12. The highest BCUT2D eigenvalue weighted by Crippen LogP contribution is 2.22. The van der Waals surface area contributed by atoms with Gasteiger partial charge in [-0.05, 0) is 23.8 Å². The van der Waals surface area contributed by atoms with Crippen LogP contribution in [0, 0.1) is 0 Å². The first-order chi connectivity index (χ1) is 10.2. The van der Waals surface area contributed by atoms with Gasteiger partial charge in [0, 0.05) is 5.56 Å². The van der Waals surface area contributed by atoms with Gasteiger partial charge in [0.1, 0.15) is 23.1 Å². The highest BCUT2D eigenvalue weighted by atomic mass is 32.1. The highest BCUT2D eigenvalue weighted by molar-refractivity contribution is 7.80. The van der Waals surface area contributed by atoms with Gasteiger partial charge in [-0.25, -0.2) is 0 Å². The number of thiocarbonyl (C=S) groups is 1. The van der Waals surface area contributed by atoms with Crippen molar-refractivity contribution in [2.45, 2.75) is 13.2 Å². The first-order valence-corrected chi connectivity index (χ1v) is 6.84. The van der Waals surface area contributed by atoms with Crippen molar-refractivity contribution >= 4 is 17.2 Å². The lowest BCUT2D eigenvalue weighted by atomic mass is 10.1. The summed E-state index contributed by atoms with van der Waals surface area (Å²) >= 11 is 5.02. The monoisotopic (exact) mass is 303 g/mol. The van der Waals surface area contributed by atoms with Gasteiger partial charge >= 0.3 is 0 Å². The molecule has 0 atom stereocenters. The Bertz CT molecular complexity index is 643. The molecule has 0 heterocycles. The topological polar surface area (TPSA) is 64.7 Å². The molecule has 0 unspecified atom stereocenters. The molecule has 2 aromatic rings. The van der Waals surface area contributed by atoms with Gasteiger partial charge < -0.3 is 20.3 Å². The smallest absolute Gasteiger partial charge is 0.129 e. The Morgan fingerprint density at radius 3 is 2.62 bits per heavy atom. The summed E-state index contributed by atoms with van der Waals surface area (Å²) in [6.45, 7) is 0.299. The van der Waals surface area contributed by atoms with Crippen molar-refractivity contribution in [1.29, 1.82) is 0 Å². The number of methoxy groups -OCH3 is 1.